The van der Waals surface area contributed by atoms with Crippen LogP contribution in [0.3, 0.4) is 0 Å². The van der Waals surface area contributed by atoms with Crippen molar-refractivity contribution < 1.29 is 19.1 Å². The Morgan fingerprint density at radius 1 is 1.10 bits per heavy atom. The van der Waals surface area contributed by atoms with Crippen molar-refractivity contribution in [1.29, 1.82) is 0 Å². The lowest BCUT2D eigenvalue weighted by atomic mass is 10.1. The Hall–Kier alpha value is -2.54. The number of benzene rings is 2. The fourth-order valence-electron chi connectivity index (χ4n) is 2.84. The van der Waals surface area contributed by atoms with Crippen molar-refractivity contribution in [3.05, 3.63) is 58.6 Å². The van der Waals surface area contributed by atoms with E-state index < -0.39 is 6.04 Å². The minimum absolute atomic E-state index is 0.0348. The monoisotopic (exact) mass is 476 g/mol. The summed E-state index contributed by atoms with van der Waals surface area (Å²) >= 11 is 3.45. The molecule has 0 radical (unpaired) electrons. The summed E-state index contributed by atoms with van der Waals surface area (Å²) in [5.74, 6) is 0.552. The van der Waals surface area contributed by atoms with E-state index >= 15 is 0 Å². The van der Waals surface area contributed by atoms with Crippen LogP contribution in [0.1, 0.15) is 32.8 Å². The van der Waals surface area contributed by atoms with Gasteiger partial charge in [0, 0.05) is 17.1 Å². The smallest absolute Gasteiger partial charge is 0.261 e. The molecule has 0 bridgehead atoms. The maximum absolute atomic E-state index is 13.1. The van der Waals surface area contributed by atoms with Crippen LogP contribution in [0.5, 0.6) is 11.5 Å². The minimum atomic E-state index is -0.647. The number of nitrogens with zero attached hydrogens (tertiary/aromatic N) is 1. The average Bonchev–Trinajstić information content (AvgIpc) is 2.75. The van der Waals surface area contributed by atoms with Gasteiger partial charge in [0.1, 0.15) is 6.04 Å². The number of rotatable bonds is 10. The maximum atomic E-state index is 13.1. The van der Waals surface area contributed by atoms with E-state index in [4.69, 9.17) is 9.47 Å². The molecule has 2 atom stereocenters. The molecule has 6 nitrogen and oxygen atoms in total. The highest BCUT2D eigenvalue weighted by Crippen LogP contribution is 2.26. The summed E-state index contributed by atoms with van der Waals surface area (Å²) in [6.45, 7) is 5.77. The van der Waals surface area contributed by atoms with Crippen molar-refractivity contribution in [3.8, 4) is 11.5 Å². The van der Waals surface area contributed by atoms with Gasteiger partial charge in [-0.05, 0) is 50.1 Å². The third-order valence-electron chi connectivity index (χ3n) is 4.83. The fourth-order valence-corrected chi connectivity index (χ4v) is 3.29. The van der Waals surface area contributed by atoms with Crippen LogP contribution < -0.4 is 14.8 Å². The van der Waals surface area contributed by atoms with E-state index in [1.807, 2.05) is 50.2 Å². The van der Waals surface area contributed by atoms with E-state index in [9.17, 15) is 9.59 Å². The molecule has 0 aromatic heterocycles. The topological polar surface area (TPSA) is 67.9 Å². The van der Waals surface area contributed by atoms with E-state index in [1.54, 1.807) is 26.2 Å². The molecule has 162 valence electrons. The van der Waals surface area contributed by atoms with Gasteiger partial charge in [0.05, 0.1) is 7.11 Å². The quantitative estimate of drug-likeness (QED) is 0.558. The van der Waals surface area contributed by atoms with Crippen molar-refractivity contribution >= 4 is 27.7 Å². The van der Waals surface area contributed by atoms with Crippen LogP contribution in [0.4, 0.5) is 0 Å². The van der Waals surface area contributed by atoms with Gasteiger partial charge in [-0.25, -0.2) is 0 Å². The molecule has 2 aromatic carbocycles. The van der Waals surface area contributed by atoms with Gasteiger partial charge in [0.15, 0.2) is 18.1 Å². The van der Waals surface area contributed by atoms with Gasteiger partial charge >= 0.3 is 0 Å². The zero-order valence-electron chi connectivity index (χ0n) is 17.9. The normalized spacial score (nSPS) is 12.6. The van der Waals surface area contributed by atoms with Gasteiger partial charge in [0.25, 0.3) is 5.91 Å². The van der Waals surface area contributed by atoms with Gasteiger partial charge in [-0.1, -0.05) is 47.1 Å². The largest absolute Gasteiger partial charge is 0.493 e. The summed E-state index contributed by atoms with van der Waals surface area (Å²) < 4.78 is 11.9. The number of halogens is 1. The number of hydrogen-bond acceptors (Lipinski definition) is 4. The van der Waals surface area contributed by atoms with Crippen LogP contribution in [0.25, 0.3) is 0 Å². The van der Waals surface area contributed by atoms with Crippen molar-refractivity contribution in [3.63, 3.8) is 0 Å². The molecule has 7 heteroatoms. The molecule has 0 saturated carbocycles. The summed E-state index contributed by atoms with van der Waals surface area (Å²) in [6.07, 6.45) is 0.814. The highest BCUT2D eigenvalue weighted by Gasteiger charge is 2.27. The molecule has 30 heavy (non-hydrogen) atoms. The maximum Gasteiger partial charge on any atom is 0.261 e. The molecule has 0 aliphatic rings. The Balaban J connectivity index is 2.18. The van der Waals surface area contributed by atoms with E-state index in [1.165, 1.54) is 4.90 Å². The third-order valence-corrected chi connectivity index (χ3v) is 5.32. The standard InChI is InChI=1S/C23H29BrN2O4/c1-5-16(2)25-23(28)17(3)26(14-18-9-8-10-19(24)13-18)22(27)15-30-21-12-7-6-11-20(21)29-4/h6-13,16-17H,5,14-15H2,1-4H3,(H,25,28)/t16-,17-/m1/s1. The number of para-hydroxylation sites is 2. The molecule has 0 heterocycles. The van der Waals surface area contributed by atoms with Crippen LogP contribution in [0, 0.1) is 0 Å². The summed E-state index contributed by atoms with van der Waals surface area (Å²) in [6, 6.07) is 14.2. The molecule has 0 saturated heterocycles. The SMILES string of the molecule is CC[C@@H](C)NC(=O)[C@@H](C)N(Cc1cccc(Br)c1)C(=O)COc1ccccc1OC. The predicted octanol–water partition coefficient (Wildman–Crippen LogP) is 4.17. The number of ether oxygens (including phenoxy) is 2. The Kier molecular flexibility index (Phi) is 9.17. The number of carbonyl (C=O) groups is 2. The van der Waals surface area contributed by atoms with Gasteiger partial charge in [-0.15, -0.1) is 0 Å². The molecule has 2 amide bonds. The zero-order valence-corrected chi connectivity index (χ0v) is 19.4. The molecule has 0 fully saturated rings. The molecule has 1 N–H and O–H groups in total. The molecule has 0 aliphatic carbocycles. The van der Waals surface area contributed by atoms with Crippen LogP contribution in [-0.4, -0.2) is 42.5 Å². The lowest BCUT2D eigenvalue weighted by molar-refractivity contribution is -0.142. The molecule has 2 rings (SSSR count). The zero-order chi connectivity index (χ0) is 22.1. The Bertz CT molecular complexity index is 859. The minimum Gasteiger partial charge on any atom is -0.493 e. The number of nitrogens with one attached hydrogen (secondary N) is 1. The molecular weight excluding hydrogens is 448 g/mol. The van der Waals surface area contributed by atoms with Crippen LogP contribution in [0.2, 0.25) is 0 Å². The summed E-state index contributed by atoms with van der Waals surface area (Å²) in [5.41, 5.74) is 0.915. The van der Waals surface area contributed by atoms with Crippen molar-refractivity contribution in [2.75, 3.05) is 13.7 Å². The first kappa shape index (κ1) is 23.7. The van der Waals surface area contributed by atoms with Gasteiger partial charge < -0.3 is 19.7 Å². The number of methoxy groups -OCH3 is 1. The lowest BCUT2D eigenvalue weighted by Gasteiger charge is -2.29. The third kappa shape index (κ3) is 6.76. The number of hydrogen-bond donors (Lipinski definition) is 1. The highest BCUT2D eigenvalue weighted by atomic mass is 79.9. The van der Waals surface area contributed by atoms with Crippen molar-refractivity contribution in [2.45, 2.75) is 45.8 Å². The van der Waals surface area contributed by atoms with Crippen molar-refractivity contribution in [1.82, 2.24) is 10.2 Å². The van der Waals surface area contributed by atoms with Gasteiger partial charge in [-0.3, -0.25) is 9.59 Å². The van der Waals surface area contributed by atoms with Crippen LogP contribution in [-0.2, 0) is 16.1 Å². The number of amides is 2. The average molecular weight is 477 g/mol. The summed E-state index contributed by atoms with van der Waals surface area (Å²) in [4.78, 5) is 27.3. The first-order chi connectivity index (χ1) is 14.3. The van der Waals surface area contributed by atoms with E-state index in [0.717, 1.165) is 16.5 Å². The molecular formula is C23H29BrN2O4. The van der Waals surface area contributed by atoms with Gasteiger partial charge in [-0.2, -0.15) is 0 Å². The predicted molar refractivity (Wildman–Crippen MR) is 121 cm³/mol. The number of carbonyl (C=O) groups excluding carboxylic acids is 2. The van der Waals surface area contributed by atoms with E-state index in [2.05, 4.69) is 21.2 Å². The highest BCUT2D eigenvalue weighted by molar-refractivity contribution is 9.10. The second-order valence-electron chi connectivity index (χ2n) is 7.08. The summed E-state index contributed by atoms with van der Waals surface area (Å²) in [7, 11) is 1.55. The van der Waals surface area contributed by atoms with Crippen molar-refractivity contribution in [2.24, 2.45) is 0 Å². The first-order valence-corrected chi connectivity index (χ1v) is 10.7. The Morgan fingerprint density at radius 2 is 1.80 bits per heavy atom. The molecule has 2 aromatic rings. The first-order valence-electron chi connectivity index (χ1n) is 9.95. The second-order valence-corrected chi connectivity index (χ2v) is 8.00. The van der Waals surface area contributed by atoms with Crippen LogP contribution >= 0.6 is 15.9 Å². The Labute approximate surface area is 186 Å². The molecule has 0 spiro atoms. The molecule has 0 unspecified atom stereocenters. The molecule has 0 aliphatic heterocycles. The van der Waals surface area contributed by atoms with E-state index in [0.29, 0.717) is 18.0 Å². The van der Waals surface area contributed by atoms with Gasteiger partial charge in [0.2, 0.25) is 5.91 Å². The van der Waals surface area contributed by atoms with Crippen LogP contribution in [0.15, 0.2) is 53.0 Å². The van der Waals surface area contributed by atoms with E-state index in [-0.39, 0.29) is 24.5 Å². The summed E-state index contributed by atoms with van der Waals surface area (Å²) in [5, 5.41) is 2.95. The Morgan fingerprint density at radius 3 is 2.43 bits per heavy atom. The second kappa shape index (κ2) is 11.6. The lowest BCUT2D eigenvalue weighted by Crippen LogP contribution is -2.50. The fraction of sp³-hybridized carbons (Fsp3) is 0.391.